The van der Waals surface area contributed by atoms with E-state index in [4.69, 9.17) is 5.11 Å². The Balaban J connectivity index is 2.76. The zero-order valence-corrected chi connectivity index (χ0v) is 11.5. The average Bonchev–Trinajstić information content (AvgIpc) is 2.85. The van der Waals surface area contributed by atoms with E-state index in [0.29, 0.717) is 24.2 Å². The highest BCUT2D eigenvalue weighted by molar-refractivity contribution is 5.88. The van der Waals surface area contributed by atoms with Gasteiger partial charge < -0.3 is 5.11 Å². The van der Waals surface area contributed by atoms with Crippen LogP contribution < -0.4 is 0 Å². The van der Waals surface area contributed by atoms with Crippen LogP contribution in [0.15, 0.2) is 12.4 Å². The minimum absolute atomic E-state index is 0.0235. The maximum Gasteiger partial charge on any atom is 0.358 e. The van der Waals surface area contributed by atoms with Gasteiger partial charge >= 0.3 is 11.7 Å². The zero-order valence-electron chi connectivity index (χ0n) is 11.5. The fraction of sp³-hybridized carbons (Fsp3) is 0.333. The molecule has 0 aliphatic heterocycles. The predicted octanol–water partition coefficient (Wildman–Crippen LogP) is 1.39. The first-order valence-electron chi connectivity index (χ1n) is 6.31. The molecule has 0 spiro atoms. The van der Waals surface area contributed by atoms with Crippen LogP contribution in [0.3, 0.4) is 0 Å². The van der Waals surface area contributed by atoms with Crippen LogP contribution in [0.2, 0.25) is 0 Å². The Hall–Kier alpha value is -2.84. The van der Waals surface area contributed by atoms with E-state index in [0.717, 1.165) is 0 Å². The minimum Gasteiger partial charge on any atom is -0.476 e. The Morgan fingerprint density at radius 3 is 2.52 bits per heavy atom. The van der Waals surface area contributed by atoms with Gasteiger partial charge in [0.25, 0.3) is 0 Å². The molecule has 0 aliphatic rings. The first-order chi connectivity index (χ1) is 10.0. The van der Waals surface area contributed by atoms with Crippen molar-refractivity contribution in [3.05, 3.63) is 39.6 Å². The van der Waals surface area contributed by atoms with Crippen molar-refractivity contribution in [1.29, 1.82) is 0 Å². The molecular formula is C12H13N5O4. The largest absolute Gasteiger partial charge is 0.476 e. The van der Waals surface area contributed by atoms with E-state index in [1.165, 1.54) is 17.1 Å². The fourth-order valence-corrected chi connectivity index (χ4v) is 2.07. The molecule has 0 amide bonds. The summed E-state index contributed by atoms with van der Waals surface area (Å²) < 4.78 is 1.20. The van der Waals surface area contributed by atoms with Gasteiger partial charge in [0.05, 0.1) is 4.92 Å². The second kappa shape index (κ2) is 5.65. The molecule has 21 heavy (non-hydrogen) atoms. The van der Waals surface area contributed by atoms with Gasteiger partial charge in [0.2, 0.25) is 0 Å². The third kappa shape index (κ3) is 2.45. The molecule has 2 rings (SSSR count). The molecule has 0 bridgehead atoms. The number of rotatable bonds is 5. The number of aromatic carboxylic acids is 1. The molecule has 0 atom stereocenters. The van der Waals surface area contributed by atoms with E-state index in [1.54, 1.807) is 13.8 Å². The molecule has 0 saturated carbocycles. The van der Waals surface area contributed by atoms with E-state index in [-0.39, 0.29) is 17.2 Å². The number of hydrogen-bond acceptors (Lipinski definition) is 6. The number of carbonyl (C=O) groups is 1. The average molecular weight is 291 g/mol. The molecule has 9 heteroatoms. The summed E-state index contributed by atoms with van der Waals surface area (Å²) in [6.45, 7) is 3.48. The fourth-order valence-electron chi connectivity index (χ4n) is 2.07. The van der Waals surface area contributed by atoms with E-state index in [2.05, 4.69) is 15.1 Å². The van der Waals surface area contributed by atoms with Crippen LogP contribution in [0.5, 0.6) is 0 Å². The number of nitro groups is 1. The number of carboxylic acid groups (broad SMARTS) is 1. The Kier molecular flexibility index (Phi) is 3.92. The van der Waals surface area contributed by atoms with E-state index in [1.807, 2.05) is 0 Å². The number of nitrogens with zero attached hydrogens (tertiary/aromatic N) is 5. The monoisotopic (exact) mass is 291 g/mol. The van der Waals surface area contributed by atoms with Crippen LogP contribution >= 0.6 is 0 Å². The maximum atomic E-state index is 11.2. The van der Waals surface area contributed by atoms with Crippen molar-refractivity contribution in [2.45, 2.75) is 26.7 Å². The zero-order chi connectivity index (χ0) is 15.6. The highest BCUT2D eigenvalue weighted by Gasteiger charge is 2.28. The van der Waals surface area contributed by atoms with Gasteiger partial charge in [-0.25, -0.2) is 19.4 Å². The van der Waals surface area contributed by atoms with Gasteiger partial charge in [0, 0.05) is 12.4 Å². The summed E-state index contributed by atoms with van der Waals surface area (Å²) in [5.74, 6) is -1.29. The molecule has 2 aromatic rings. The molecule has 0 fully saturated rings. The smallest absolute Gasteiger partial charge is 0.358 e. The Bertz CT molecular complexity index is 710. The molecule has 0 aromatic carbocycles. The summed E-state index contributed by atoms with van der Waals surface area (Å²) in [7, 11) is 0. The molecule has 9 nitrogen and oxygen atoms in total. The number of aromatic nitrogens is 4. The highest BCUT2D eigenvalue weighted by atomic mass is 16.6. The van der Waals surface area contributed by atoms with Crippen LogP contribution in [0.1, 0.15) is 35.7 Å². The standard InChI is InChI=1S/C12H13N5O4/c1-3-7-10(17(20)21)8(4-2)16(15-7)11-9(12(18)19)13-5-6-14-11/h5-6H,3-4H2,1-2H3,(H,18,19). The number of carboxylic acids is 1. The van der Waals surface area contributed by atoms with Crippen molar-refractivity contribution in [3.8, 4) is 5.82 Å². The van der Waals surface area contributed by atoms with Crippen LogP contribution in [-0.4, -0.2) is 35.7 Å². The molecule has 0 saturated heterocycles. The quantitative estimate of drug-likeness (QED) is 0.651. The van der Waals surface area contributed by atoms with E-state index < -0.39 is 10.9 Å². The Labute approximate surface area is 119 Å². The van der Waals surface area contributed by atoms with Crippen LogP contribution in [-0.2, 0) is 12.8 Å². The second-order valence-electron chi connectivity index (χ2n) is 4.15. The first kappa shape index (κ1) is 14.6. The molecule has 0 radical (unpaired) electrons. The lowest BCUT2D eigenvalue weighted by Gasteiger charge is -2.06. The van der Waals surface area contributed by atoms with Crippen molar-refractivity contribution in [2.24, 2.45) is 0 Å². The topological polar surface area (TPSA) is 124 Å². The third-order valence-corrected chi connectivity index (χ3v) is 2.96. The van der Waals surface area contributed by atoms with Gasteiger partial charge in [-0.1, -0.05) is 13.8 Å². The van der Waals surface area contributed by atoms with E-state index >= 15 is 0 Å². The summed E-state index contributed by atoms with van der Waals surface area (Å²) in [5, 5.41) is 24.5. The van der Waals surface area contributed by atoms with Crippen LogP contribution in [0.25, 0.3) is 5.82 Å². The molecule has 1 N–H and O–H groups in total. The SMILES string of the molecule is CCc1nn(-c2nccnc2C(=O)O)c(CC)c1[N+](=O)[O-]. The Morgan fingerprint density at radius 1 is 1.33 bits per heavy atom. The van der Waals surface area contributed by atoms with Gasteiger partial charge in [-0.15, -0.1) is 0 Å². The number of aryl methyl sites for hydroxylation is 1. The lowest BCUT2D eigenvalue weighted by Crippen LogP contribution is -2.13. The van der Waals surface area contributed by atoms with Gasteiger partial charge in [-0.3, -0.25) is 10.1 Å². The predicted molar refractivity (Wildman–Crippen MR) is 71.5 cm³/mol. The van der Waals surface area contributed by atoms with Gasteiger partial charge in [0.1, 0.15) is 11.4 Å². The van der Waals surface area contributed by atoms with Crippen molar-refractivity contribution in [2.75, 3.05) is 0 Å². The normalized spacial score (nSPS) is 10.6. The van der Waals surface area contributed by atoms with Crippen molar-refractivity contribution >= 4 is 11.7 Å². The number of hydrogen-bond donors (Lipinski definition) is 1. The summed E-state index contributed by atoms with van der Waals surface area (Å²) >= 11 is 0. The van der Waals surface area contributed by atoms with E-state index in [9.17, 15) is 14.9 Å². The summed E-state index contributed by atoms with van der Waals surface area (Å²) in [4.78, 5) is 29.6. The van der Waals surface area contributed by atoms with Crippen LogP contribution in [0, 0.1) is 10.1 Å². The third-order valence-electron chi connectivity index (χ3n) is 2.96. The highest BCUT2D eigenvalue weighted by Crippen LogP contribution is 2.27. The summed E-state index contributed by atoms with van der Waals surface area (Å²) in [6, 6.07) is 0. The summed E-state index contributed by atoms with van der Waals surface area (Å²) in [6.07, 6.45) is 3.25. The second-order valence-corrected chi connectivity index (χ2v) is 4.15. The maximum absolute atomic E-state index is 11.2. The van der Waals surface area contributed by atoms with Crippen molar-refractivity contribution < 1.29 is 14.8 Å². The van der Waals surface area contributed by atoms with Gasteiger partial charge in [-0.05, 0) is 12.8 Å². The van der Waals surface area contributed by atoms with Crippen LogP contribution in [0.4, 0.5) is 5.69 Å². The lowest BCUT2D eigenvalue weighted by molar-refractivity contribution is -0.386. The summed E-state index contributed by atoms with van der Waals surface area (Å²) in [5.41, 5.74) is 0.202. The molecule has 110 valence electrons. The molecule has 0 unspecified atom stereocenters. The minimum atomic E-state index is -1.27. The van der Waals surface area contributed by atoms with Crippen molar-refractivity contribution in [3.63, 3.8) is 0 Å². The molecular weight excluding hydrogens is 278 g/mol. The molecule has 2 aromatic heterocycles. The molecule has 0 aliphatic carbocycles. The van der Waals surface area contributed by atoms with Gasteiger partial charge in [-0.2, -0.15) is 5.10 Å². The molecule has 2 heterocycles. The van der Waals surface area contributed by atoms with Gasteiger partial charge in [0.15, 0.2) is 11.5 Å². The Morgan fingerprint density at radius 2 is 2.00 bits per heavy atom. The van der Waals surface area contributed by atoms with Crippen molar-refractivity contribution in [1.82, 2.24) is 19.7 Å². The lowest BCUT2D eigenvalue weighted by atomic mass is 10.2. The first-order valence-corrected chi connectivity index (χ1v) is 6.31.